The highest BCUT2D eigenvalue weighted by molar-refractivity contribution is 5.93. The number of H-pyrrole nitrogens is 1. The van der Waals surface area contributed by atoms with Gasteiger partial charge >= 0.3 is 0 Å². The number of aromatic nitrogens is 4. The van der Waals surface area contributed by atoms with Gasteiger partial charge < -0.3 is 5.11 Å². The fourth-order valence-electron chi connectivity index (χ4n) is 3.12. The van der Waals surface area contributed by atoms with Crippen LogP contribution in [0, 0.1) is 6.92 Å². The molecule has 0 bridgehead atoms. The lowest BCUT2D eigenvalue weighted by Gasteiger charge is -2.05. The number of aromatic hydroxyl groups is 1. The minimum atomic E-state index is 0.223. The molecule has 5 nitrogen and oxygen atoms in total. The van der Waals surface area contributed by atoms with E-state index in [0.717, 1.165) is 33.4 Å². The van der Waals surface area contributed by atoms with E-state index in [9.17, 15) is 5.11 Å². The minimum absolute atomic E-state index is 0.223. The molecule has 0 unspecified atom stereocenters. The predicted molar refractivity (Wildman–Crippen MR) is 99.5 cm³/mol. The molecule has 2 N–H and O–H groups in total. The van der Waals surface area contributed by atoms with Crippen molar-refractivity contribution in [2.24, 2.45) is 0 Å². The molecule has 0 atom stereocenters. The summed E-state index contributed by atoms with van der Waals surface area (Å²) in [6, 6.07) is 15.9. The molecule has 2 aromatic carbocycles. The maximum absolute atomic E-state index is 10.1. The van der Waals surface area contributed by atoms with E-state index in [1.54, 1.807) is 6.07 Å². The Labute approximate surface area is 145 Å². The number of rotatable bonds is 3. The van der Waals surface area contributed by atoms with Gasteiger partial charge in [-0.2, -0.15) is 10.2 Å². The highest BCUT2D eigenvalue weighted by Gasteiger charge is 2.17. The van der Waals surface area contributed by atoms with E-state index in [4.69, 9.17) is 5.10 Å². The van der Waals surface area contributed by atoms with Crippen LogP contribution in [0.2, 0.25) is 0 Å². The second-order valence-corrected chi connectivity index (χ2v) is 6.59. The van der Waals surface area contributed by atoms with E-state index in [1.165, 1.54) is 0 Å². The molecule has 0 amide bonds. The van der Waals surface area contributed by atoms with Crippen molar-refractivity contribution in [2.45, 2.75) is 26.8 Å². The molecule has 0 spiro atoms. The van der Waals surface area contributed by atoms with E-state index in [1.807, 2.05) is 41.9 Å². The molecule has 2 heterocycles. The van der Waals surface area contributed by atoms with Crippen LogP contribution in [0.4, 0.5) is 0 Å². The van der Waals surface area contributed by atoms with Crippen LogP contribution < -0.4 is 0 Å². The molecule has 2 aromatic heterocycles. The molecule has 0 saturated heterocycles. The zero-order valence-electron chi connectivity index (χ0n) is 14.5. The number of fused-ring (bicyclic) bond motifs is 1. The van der Waals surface area contributed by atoms with Gasteiger partial charge in [-0.15, -0.1) is 0 Å². The van der Waals surface area contributed by atoms with Gasteiger partial charge in [0.15, 0.2) is 0 Å². The highest BCUT2D eigenvalue weighted by atomic mass is 16.3. The number of phenols is 1. The maximum Gasteiger partial charge on any atom is 0.125 e. The Hall–Kier alpha value is -3.08. The number of hydrogen-bond donors (Lipinski definition) is 2. The normalized spacial score (nSPS) is 11.5. The summed E-state index contributed by atoms with van der Waals surface area (Å²) in [5, 5.41) is 23.5. The number of nitrogens with one attached hydrogen (secondary N) is 1. The Kier molecular flexibility index (Phi) is 3.57. The first-order valence-corrected chi connectivity index (χ1v) is 8.37. The molecule has 0 aliphatic carbocycles. The summed E-state index contributed by atoms with van der Waals surface area (Å²) in [7, 11) is 0. The Bertz CT molecular complexity index is 1060. The van der Waals surface area contributed by atoms with Crippen molar-refractivity contribution >= 4 is 10.9 Å². The van der Waals surface area contributed by atoms with E-state index < -0.39 is 0 Å². The van der Waals surface area contributed by atoms with E-state index in [-0.39, 0.29) is 11.8 Å². The van der Waals surface area contributed by atoms with Crippen LogP contribution in [-0.4, -0.2) is 25.1 Å². The highest BCUT2D eigenvalue weighted by Crippen LogP contribution is 2.33. The smallest absolute Gasteiger partial charge is 0.125 e. The third-order valence-corrected chi connectivity index (χ3v) is 4.36. The zero-order valence-corrected chi connectivity index (χ0v) is 14.5. The topological polar surface area (TPSA) is 66.7 Å². The van der Waals surface area contributed by atoms with Gasteiger partial charge in [-0.05, 0) is 45.0 Å². The lowest BCUT2D eigenvalue weighted by Crippen LogP contribution is -2.02. The molecule has 0 aliphatic rings. The first-order chi connectivity index (χ1) is 12.0. The summed E-state index contributed by atoms with van der Waals surface area (Å²) in [5.74, 6) is 0.223. The Balaban J connectivity index is 1.86. The number of benzene rings is 2. The van der Waals surface area contributed by atoms with Crippen molar-refractivity contribution in [3.8, 4) is 28.4 Å². The van der Waals surface area contributed by atoms with E-state index in [2.05, 4.69) is 36.2 Å². The number of aromatic amines is 1. The lowest BCUT2D eigenvalue weighted by molar-refractivity contribution is 0.477. The molecule has 25 heavy (non-hydrogen) atoms. The molecule has 0 fully saturated rings. The molecule has 4 aromatic rings. The predicted octanol–water partition coefficient (Wildman–Crippen LogP) is 4.69. The van der Waals surface area contributed by atoms with Crippen molar-refractivity contribution in [2.75, 3.05) is 0 Å². The van der Waals surface area contributed by atoms with Gasteiger partial charge in [0.1, 0.15) is 11.4 Å². The number of para-hydroxylation sites is 1. The van der Waals surface area contributed by atoms with Crippen LogP contribution in [-0.2, 0) is 0 Å². The molecule has 5 heteroatoms. The molecule has 126 valence electrons. The molecular formula is C20H20N4O. The minimum Gasteiger partial charge on any atom is -0.507 e. The lowest BCUT2D eigenvalue weighted by atomic mass is 10.1. The fourth-order valence-corrected chi connectivity index (χ4v) is 3.12. The fraction of sp³-hybridized carbons (Fsp3) is 0.200. The van der Waals surface area contributed by atoms with Crippen LogP contribution in [0.15, 0.2) is 48.5 Å². The maximum atomic E-state index is 10.1. The van der Waals surface area contributed by atoms with Crippen LogP contribution >= 0.6 is 0 Å². The van der Waals surface area contributed by atoms with Crippen LogP contribution in [0.25, 0.3) is 33.5 Å². The Morgan fingerprint density at radius 1 is 1.08 bits per heavy atom. The van der Waals surface area contributed by atoms with Gasteiger partial charge in [-0.3, -0.25) is 9.78 Å². The summed E-state index contributed by atoms with van der Waals surface area (Å²) in [6.45, 7) is 6.23. The van der Waals surface area contributed by atoms with Gasteiger partial charge in [0.25, 0.3) is 0 Å². The first-order valence-electron chi connectivity index (χ1n) is 8.37. The standard InChI is InChI=1S/C20H20N4O/c1-12(2)24-18-7-5-4-6-14(18)20(23-24)17-11-16(21-22-17)15-10-13(3)8-9-19(15)25/h4-12,25H,1-3H3,(H,21,22). The number of aryl methyl sites for hydroxylation is 1. The summed E-state index contributed by atoms with van der Waals surface area (Å²) >= 11 is 0. The number of nitrogens with zero attached hydrogens (tertiary/aromatic N) is 3. The van der Waals surface area contributed by atoms with Crippen molar-refractivity contribution < 1.29 is 5.11 Å². The molecule has 0 aliphatic heterocycles. The van der Waals surface area contributed by atoms with Gasteiger partial charge in [0.05, 0.1) is 16.9 Å². The van der Waals surface area contributed by atoms with E-state index in [0.29, 0.717) is 5.69 Å². The second kappa shape index (κ2) is 5.77. The van der Waals surface area contributed by atoms with Crippen LogP contribution in [0.1, 0.15) is 25.5 Å². The average molecular weight is 332 g/mol. The van der Waals surface area contributed by atoms with Crippen molar-refractivity contribution in [3.05, 3.63) is 54.1 Å². The monoisotopic (exact) mass is 332 g/mol. The molecule has 0 radical (unpaired) electrons. The first kappa shape index (κ1) is 15.4. The quantitative estimate of drug-likeness (QED) is 0.572. The van der Waals surface area contributed by atoms with Crippen molar-refractivity contribution in [3.63, 3.8) is 0 Å². The zero-order chi connectivity index (χ0) is 17.6. The van der Waals surface area contributed by atoms with Gasteiger partial charge in [-0.25, -0.2) is 0 Å². The van der Waals surface area contributed by atoms with E-state index >= 15 is 0 Å². The molecule has 0 saturated carbocycles. The van der Waals surface area contributed by atoms with Crippen molar-refractivity contribution in [1.82, 2.24) is 20.0 Å². The Morgan fingerprint density at radius 3 is 2.68 bits per heavy atom. The van der Waals surface area contributed by atoms with Crippen molar-refractivity contribution in [1.29, 1.82) is 0 Å². The summed E-state index contributed by atoms with van der Waals surface area (Å²) in [4.78, 5) is 0. The van der Waals surface area contributed by atoms with Gasteiger partial charge in [0.2, 0.25) is 0 Å². The summed E-state index contributed by atoms with van der Waals surface area (Å²) in [5.41, 5.74) is 5.31. The average Bonchev–Trinajstić information content (AvgIpc) is 3.21. The summed E-state index contributed by atoms with van der Waals surface area (Å²) < 4.78 is 2.02. The second-order valence-electron chi connectivity index (χ2n) is 6.59. The van der Waals surface area contributed by atoms with Crippen LogP contribution in [0.5, 0.6) is 5.75 Å². The van der Waals surface area contributed by atoms with Gasteiger partial charge in [0, 0.05) is 17.0 Å². The third-order valence-electron chi connectivity index (χ3n) is 4.36. The molecular weight excluding hydrogens is 312 g/mol. The van der Waals surface area contributed by atoms with Gasteiger partial charge in [-0.1, -0.05) is 29.8 Å². The van der Waals surface area contributed by atoms with Crippen LogP contribution in [0.3, 0.4) is 0 Å². The third kappa shape index (κ3) is 2.58. The number of hydrogen-bond acceptors (Lipinski definition) is 3. The molecule has 4 rings (SSSR count). The number of phenolic OH excluding ortho intramolecular Hbond substituents is 1. The largest absolute Gasteiger partial charge is 0.507 e. The Morgan fingerprint density at radius 2 is 1.88 bits per heavy atom. The SMILES string of the molecule is Cc1ccc(O)c(-c2cc(-c3nn(C(C)C)c4ccccc34)[nH]n2)c1. The summed E-state index contributed by atoms with van der Waals surface area (Å²) in [6.07, 6.45) is 0.